The second kappa shape index (κ2) is 22.0. The average Bonchev–Trinajstić information content (AvgIpc) is 4.06. The highest BCUT2D eigenvalue weighted by Gasteiger charge is 2.51. The summed E-state index contributed by atoms with van der Waals surface area (Å²) in [5, 5.41) is 25.6. The Bertz CT molecular complexity index is 2840. The number of aliphatic hydroxyl groups is 1. The first kappa shape index (κ1) is 53.1. The largest absolute Gasteiger partial charge is 0.493 e. The monoisotopic (exact) mass is 1020 g/mol. The molecule has 0 aliphatic carbocycles. The summed E-state index contributed by atoms with van der Waals surface area (Å²) in [5.41, 5.74) is 3.23. The minimum absolute atomic E-state index is 0.00881. The molecular formula is C53H56F3N7O7S2. The first-order valence-electron chi connectivity index (χ1n) is 23.3. The molecule has 0 spiro atoms. The molecule has 2 aliphatic heterocycles. The highest BCUT2D eigenvalue weighted by Crippen LogP contribution is 2.40. The van der Waals surface area contributed by atoms with Crippen LogP contribution in [0, 0.1) is 23.7 Å². The van der Waals surface area contributed by atoms with Gasteiger partial charge >= 0.3 is 6.18 Å². The molecule has 2 saturated heterocycles. The van der Waals surface area contributed by atoms with Crippen molar-refractivity contribution >= 4 is 63.7 Å². The van der Waals surface area contributed by atoms with Crippen molar-refractivity contribution in [1.82, 2.24) is 20.5 Å². The van der Waals surface area contributed by atoms with E-state index in [-0.39, 0.29) is 42.2 Å². The van der Waals surface area contributed by atoms with E-state index in [9.17, 15) is 42.7 Å². The number of aromatic nitrogens is 1. The summed E-state index contributed by atoms with van der Waals surface area (Å²) >= 11 is 7.24. The van der Waals surface area contributed by atoms with E-state index in [0.717, 1.165) is 49.9 Å². The van der Waals surface area contributed by atoms with E-state index in [2.05, 4.69) is 15.6 Å². The lowest BCUT2D eigenvalue weighted by Gasteiger charge is -2.35. The number of nitrogens with zero attached hydrogens (tertiary/aromatic N) is 5. The summed E-state index contributed by atoms with van der Waals surface area (Å²) in [7, 11) is 0. The maximum absolute atomic E-state index is 14.0. The van der Waals surface area contributed by atoms with Crippen LogP contribution in [0.25, 0.3) is 21.6 Å². The number of carbonyl (C=O) groups is 4. The van der Waals surface area contributed by atoms with Crippen LogP contribution in [0.1, 0.15) is 76.3 Å². The molecule has 4 aromatic carbocycles. The number of rotatable bonds is 17. The van der Waals surface area contributed by atoms with Crippen molar-refractivity contribution < 1.29 is 46.9 Å². The van der Waals surface area contributed by atoms with Gasteiger partial charge in [0.05, 0.1) is 58.3 Å². The molecule has 1 unspecified atom stereocenters. The molecular weight excluding hydrogens is 968 g/mol. The van der Waals surface area contributed by atoms with Crippen molar-refractivity contribution in [2.45, 2.75) is 97.3 Å². The molecule has 3 atom stereocenters. The highest BCUT2D eigenvalue weighted by molar-refractivity contribution is 7.81. The number of carbonyl (C=O) groups excluding carboxylic acids is 4. The van der Waals surface area contributed by atoms with Crippen molar-refractivity contribution in [2.75, 3.05) is 36.2 Å². The molecule has 1 aromatic heterocycles. The number of hydrogen-bond donors (Lipinski definition) is 3. The molecule has 7 rings (SSSR count). The molecule has 2 fully saturated rings. The highest BCUT2D eigenvalue weighted by atomic mass is 32.1. The third-order valence-corrected chi connectivity index (χ3v) is 14.0. The lowest BCUT2D eigenvalue weighted by Crippen LogP contribution is -2.58. The normalized spacial score (nSPS) is 16.6. The Morgan fingerprint density at radius 2 is 1.61 bits per heavy atom. The van der Waals surface area contributed by atoms with E-state index >= 15 is 0 Å². The lowest BCUT2D eigenvalue weighted by molar-refractivity contribution is -0.144. The molecule has 19 heteroatoms. The fourth-order valence-corrected chi connectivity index (χ4v) is 10.0. The second-order valence-electron chi connectivity index (χ2n) is 19.3. The van der Waals surface area contributed by atoms with E-state index in [0.29, 0.717) is 37.4 Å². The number of alkyl halides is 3. The Morgan fingerprint density at radius 3 is 2.22 bits per heavy atom. The number of amides is 4. The van der Waals surface area contributed by atoms with Gasteiger partial charge in [0.2, 0.25) is 17.7 Å². The summed E-state index contributed by atoms with van der Waals surface area (Å²) in [6.45, 7) is 11.0. The number of hydrogen-bond acceptors (Lipinski definition) is 11. The number of aliphatic hydroxyl groups excluding tert-OH is 1. The molecule has 378 valence electrons. The van der Waals surface area contributed by atoms with Crippen LogP contribution >= 0.6 is 23.6 Å². The number of halogens is 3. The van der Waals surface area contributed by atoms with Crippen LogP contribution in [0.5, 0.6) is 5.75 Å². The van der Waals surface area contributed by atoms with E-state index in [4.69, 9.17) is 21.7 Å². The zero-order valence-electron chi connectivity index (χ0n) is 40.7. The first-order valence-corrected chi connectivity index (χ1v) is 24.6. The van der Waals surface area contributed by atoms with Gasteiger partial charge in [-0.05, 0) is 116 Å². The van der Waals surface area contributed by atoms with Crippen LogP contribution in [0.3, 0.4) is 0 Å². The fourth-order valence-electron chi connectivity index (χ4n) is 8.67. The van der Waals surface area contributed by atoms with Gasteiger partial charge in [-0.1, -0.05) is 69.3 Å². The predicted octanol–water partition coefficient (Wildman–Crippen LogP) is 8.58. The SMILES string of the molecule is Cc1ncsc1-c1ccc(CNC(=O)[C@@H]2CCCN2C(=O)C(NC(=O)COC[C@H](O)CCOc2ccc(-c3ccc(N4C(=S)N(c5ccc(C#N)c(C(F)(F)F)c5)C(=O)C4(C)C)cc3)cc2)C(C)(C)C)cc1. The fraction of sp³-hybridized carbons (Fsp3) is 0.377. The number of anilines is 2. The van der Waals surface area contributed by atoms with Crippen molar-refractivity contribution in [3.05, 3.63) is 119 Å². The summed E-state index contributed by atoms with van der Waals surface area (Å²) in [4.78, 5) is 63.7. The minimum Gasteiger partial charge on any atom is -0.493 e. The molecule has 0 bridgehead atoms. The summed E-state index contributed by atoms with van der Waals surface area (Å²) < 4.78 is 52.7. The number of thiazole rings is 1. The van der Waals surface area contributed by atoms with Crippen molar-refractivity contribution in [2.24, 2.45) is 5.41 Å². The molecule has 4 amide bonds. The predicted molar refractivity (Wildman–Crippen MR) is 272 cm³/mol. The third-order valence-electron chi connectivity index (χ3n) is 12.6. The van der Waals surface area contributed by atoms with Crippen LogP contribution in [0.4, 0.5) is 24.5 Å². The molecule has 0 radical (unpaired) electrons. The summed E-state index contributed by atoms with van der Waals surface area (Å²) in [5.74, 6) is -1.12. The maximum atomic E-state index is 14.0. The topological polar surface area (TPSA) is 177 Å². The van der Waals surface area contributed by atoms with Gasteiger partial charge in [-0.2, -0.15) is 18.4 Å². The van der Waals surface area contributed by atoms with Crippen LogP contribution < -0.4 is 25.2 Å². The van der Waals surface area contributed by atoms with Crippen LogP contribution in [-0.2, 0) is 36.6 Å². The van der Waals surface area contributed by atoms with Crippen molar-refractivity contribution in [1.29, 1.82) is 5.26 Å². The van der Waals surface area contributed by atoms with Gasteiger partial charge in [0.25, 0.3) is 5.91 Å². The van der Waals surface area contributed by atoms with Crippen LogP contribution in [0.2, 0.25) is 0 Å². The standard InChI is InChI=1S/C53H56F3N7O7S2/c1-32-45(72-31-59-32)36-11-9-33(10-12-36)28-58-47(66)43-8-7-24-61(43)48(67)46(51(2,3)4)60-44(65)30-69-29-40(64)23-25-70-41-21-16-35(17-22-41)34-13-18-38(19-14-34)63-50(71)62(49(68)52(63,5)6)39-20-15-37(27-57)42(26-39)53(54,55)56/h9-22,26,31,40,43,46,64H,7-8,23-25,28-30H2,1-6H3,(H,58,66)(H,60,65)/t40-,43+,46?/m1/s1. The van der Waals surface area contributed by atoms with E-state index < -0.39 is 64.9 Å². The summed E-state index contributed by atoms with van der Waals surface area (Å²) in [6.07, 6.45) is -4.40. The van der Waals surface area contributed by atoms with Gasteiger partial charge in [0, 0.05) is 25.2 Å². The summed E-state index contributed by atoms with van der Waals surface area (Å²) in [6, 6.07) is 25.4. The zero-order valence-corrected chi connectivity index (χ0v) is 42.3. The van der Waals surface area contributed by atoms with Gasteiger partial charge in [-0.25, -0.2) is 4.98 Å². The molecule has 0 saturated carbocycles. The Balaban J connectivity index is 0.848. The van der Waals surface area contributed by atoms with Crippen LogP contribution in [-0.4, -0.2) is 93.8 Å². The van der Waals surface area contributed by atoms with Crippen molar-refractivity contribution in [3.63, 3.8) is 0 Å². The number of nitriles is 1. The number of ether oxygens (including phenoxy) is 2. The molecule has 3 N–H and O–H groups in total. The van der Waals surface area contributed by atoms with Gasteiger partial charge in [0.15, 0.2) is 5.11 Å². The Hall–Kier alpha value is -6.72. The van der Waals surface area contributed by atoms with Crippen LogP contribution in [0.15, 0.2) is 96.5 Å². The lowest BCUT2D eigenvalue weighted by atomic mass is 9.85. The van der Waals surface area contributed by atoms with Gasteiger partial charge < -0.3 is 35.0 Å². The van der Waals surface area contributed by atoms with Crippen molar-refractivity contribution in [3.8, 4) is 33.4 Å². The number of aryl methyl sites for hydroxylation is 1. The Labute approximate surface area is 425 Å². The molecule has 14 nitrogen and oxygen atoms in total. The second-order valence-corrected chi connectivity index (χ2v) is 20.5. The first-order chi connectivity index (χ1) is 34.1. The Kier molecular flexibility index (Phi) is 16.2. The quantitative estimate of drug-likeness (QED) is 0.0761. The number of benzene rings is 4. The zero-order chi connectivity index (χ0) is 52.1. The number of likely N-dealkylation sites (tertiary alicyclic amines) is 1. The van der Waals surface area contributed by atoms with E-state index in [1.165, 1.54) is 6.07 Å². The van der Waals surface area contributed by atoms with Gasteiger partial charge in [0.1, 0.15) is 30.0 Å². The minimum atomic E-state index is -4.81. The smallest absolute Gasteiger partial charge is 0.417 e. The number of nitrogens with one attached hydrogen (secondary N) is 2. The molecule has 2 aliphatic rings. The molecule has 3 heterocycles. The maximum Gasteiger partial charge on any atom is 0.417 e. The van der Waals surface area contributed by atoms with Gasteiger partial charge in [-0.15, -0.1) is 11.3 Å². The average molecular weight is 1020 g/mol. The number of thiocarbonyl (C=S) groups is 1. The Morgan fingerprint density at radius 1 is 0.972 bits per heavy atom. The van der Waals surface area contributed by atoms with Gasteiger partial charge in [-0.3, -0.25) is 24.1 Å². The third kappa shape index (κ3) is 12.0. The molecule has 72 heavy (non-hydrogen) atoms. The molecule has 5 aromatic rings. The van der Waals surface area contributed by atoms with E-state index in [1.807, 2.05) is 81.7 Å². The van der Waals surface area contributed by atoms with E-state index in [1.54, 1.807) is 65.3 Å².